The molecule has 0 fully saturated rings. The van der Waals surface area contributed by atoms with E-state index in [9.17, 15) is 9.59 Å². The van der Waals surface area contributed by atoms with Crippen LogP contribution in [0.1, 0.15) is 70.4 Å². The molecule has 160 valence electrons. The molecule has 0 aromatic carbocycles. The summed E-state index contributed by atoms with van der Waals surface area (Å²) in [6.45, 7) is 4.14. The van der Waals surface area contributed by atoms with E-state index in [1.807, 2.05) is 6.92 Å². The summed E-state index contributed by atoms with van der Waals surface area (Å²) < 4.78 is 5.26. The van der Waals surface area contributed by atoms with E-state index in [1.165, 1.54) is 40.0 Å². The average molecular weight is 446 g/mol. The van der Waals surface area contributed by atoms with Crippen LogP contribution in [0.4, 0.5) is 5.00 Å². The van der Waals surface area contributed by atoms with E-state index in [0.29, 0.717) is 22.3 Å². The lowest BCUT2D eigenvalue weighted by atomic mass is 9.95. The molecule has 8 heteroatoms. The van der Waals surface area contributed by atoms with Crippen LogP contribution in [0.3, 0.4) is 0 Å². The first-order valence-corrected chi connectivity index (χ1v) is 12.5. The maximum absolute atomic E-state index is 12.7. The summed E-state index contributed by atoms with van der Waals surface area (Å²) in [7, 11) is 0. The van der Waals surface area contributed by atoms with E-state index in [-0.39, 0.29) is 17.6 Å². The van der Waals surface area contributed by atoms with Gasteiger partial charge in [-0.1, -0.05) is 11.8 Å². The number of carbonyl (C=O) groups excluding carboxylic acids is 2. The summed E-state index contributed by atoms with van der Waals surface area (Å²) in [6.07, 6.45) is 8.40. The van der Waals surface area contributed by atoms with Gasteiger partial charge in [-0.25, -0.2) is 14.8 Å². The Morgan fingerprint density at radius 2 is 1.80 bits per heavy atom. The third-order valence-electron chi connectivity index (χ3n) is 5.61. The van der Waals surface area contributed by atoms with Crippen molar-refractivity contribution in [3.63, 3.8) is 0 Å². The fourth-order valence-corrected chi connectivity index (χ4v) is 6.19. The lowest BCUT2D eigenvalue weighted by Gasteiger charge is -2.17. The van der Waals surface area contributed by atoms with Gasteiger partial charge >= 0.3 is 5.97 Å². The Morgan fingerprint density at radius 3 is 2.60 bits per heavy atom. The molecule has 0 bridgehead atoms. The van der Waals surface area contributed by atoms with Crippen LogP contribution in [0.5, 0.6) is 0 Å². The molecule has 2 aromatic rings. The fourth-order valence-electron chi connectivity index (χ4n) is 4.18. The minimum Gasteiger partial charge on any atom is -0.462 e. The zero-order chi connectivity index (χ0) is 21.1. The Balaban J connectivity index is 1.46. The van der Waals surface area contributed by atoms with E-state index < -0.39 is 0 Å². The van der Waals surface area contributed by atoms with Crippen molar-refractivity contribution in [3.05, 3.63) is 33.0 Å². The molecule has 2 aliphatic rings. The van der Waals surface area contributed by atoms with Crippen molar-refractivity contribution in [3.8, 4) is 0 Å². The topological polar surface area (TPSA) is 81.2 Å². The minimum absolute atomic E-state index is 0.150. The highest BCUT2D eigenvalue weighted by Crippen LogP contribution is 2.38. The van der Waals surface area contributed by atoms with Gasteiger partial charge in [0, 0.05) is 16.3 Å². The number of aryl methyl sites for hydroxylation is 3. The third kappa shape index (κ3) is 4.54. The second-order valence-electron chi connectivity index (χ2n) is 7.70. The summed E-state index contributed by atoms with van der Waals surface area (Å²) in [5.74, 6) is -0.278. The fraction of sp³-hybridized carbons (Fsp3) is 0.545. The van der Waals surface area contributed by atoms with E-state index in [2.05, 4.69) is 15.3 Å². The molecule has 1 N–H and O–H groups in total. The Kier molecular flexibility index (Phi) is 6.73. The van der Waals surface area contributed by atoms with Gasteiger partial charge in [-0.2, -0.15) is 0 Å². The van der Waals surface area contributed by atoms with Crippen molar-refractivity contribution in [2.24, 2.45) is 0 Å². The highest BCUT2D eigenvalue weighted by Gasteiger charge is 2.27. The van der Waals surface area contributed by atoms with Crippen LogP contribution in [-0.2, 0) is 35.2 Å². The van der Waals surface area contributed by atoms with Crippen molar-refractivity contribution < 1.29 is 14.3 Å². The highest BCUT2D eigenvalue weighted by molar-refractivity contribution is 7.99. The van der Waals surface area contributed by atoms with Gasteiger partial charge in [-0.15, -0.1) is 11.3 Å². The number of nitrogens with zero attached hydrogens (tertiary/aromatic N) is 2. The number of thiophene rings is 1. The predicted molar refractivity (Wildman–Crippen MR) is 120 cm³/mol. The lowest BCUT2D eigenvalue weighted by molar-refractivity contribution is -0.113. The predicted octanol–water partition coefficient (Wildman–Crippen LogP) is 4.51. The van der Waals surface area contributed by atoms with Crippen LogP contribution in [0, 0.1) is 6.92 Å². The molecule has 0 unspecified atom stereocenters. The summed E-state index contributed by atoms with van der Waals surface area (Å²) in [5, 5.41) is 4.23. The van der Waals surface area contributed by atoms with Crippen LogP contribution in [-0.4, -0.2) is 34.2 Å². The minimum atomic E-state index is -0.339. The van der Waals surface area contributed by atoms with Crippen LogP contribution < -0.4 is 5.32 Å². The summed E-state index contributed by atoms with van der Waals surface area (Å²) in [5.41, 5.74) is 5.04. The van der Waals surface area contributed by atoms with Gasteiger partial charge in [0.2, 0.25) is 5.91 Å². The lowest BCUT2D eigenvalue weighted by Crippen LogP contribution is -2.17. The zero-order valence-corrected chi connectivity index (χ0v) is 19.1. The normalized spacial score (nSPS) is 15.3. The van der Waals surface area contributed by atoms with E-state index >= 15 is 0 Å². The Bertz CT molecular complexity index is 971. The molecule has 0 atom stereocenters. The molecule has 4 rings (SSSR count). The number of fused-ring (bicyclic) bond motifs is 2. The SMILES string of the molecule is CCOC(=O)c1c(NC(=O)CSc2nc(C)c3c(n2)CCCC3)sc2c1CCCC2. The van der Waals surface area contributed by atoms with Gasteiger partial charge in [-0.05, 0) is 76.3 Å². The van der Waals surface area contributed by atoms with Crippen molar-refractivity contribution in [1.82, 2.24) is 9.97 Å². The second kappa shape index (κ2) is 9.47. The van der Waals surface area contributed by atoms with Crippen molar-refractivity contribution in [2.75, 3.05) is 17.7 Å². The standard InChI is InChI=1S/C22H27N3O3S2/c1-3-28-21(27)19-15-9-5-7-11-17(15)30-20(19)25-18(26)12-29-22-23-13(2)14-8-4-6-10-16(14)24-22/h3-12H2,1-2H3,(H,25,26). The molecule has 2 aromatic heterocycles. The maximum atomic E-state index is 12.7. The van der Waals surface area contributed by atoms with Crippen LogP contribution in [0.2, 0.25) is 0 Å². The number of hydrogen-bond acceptors (Lipinski definition) is 7. The van der Waals surface area contributed by atoms with Crippen LogP contribution in [0.15, 0.2) is 5.16 Å². The molecule has 0 saturated heterocycles. The van der Waals surface area contributed by atoms with Crippen molar-refractivity contribution >= 4 is 40.0 Å². The van der Waals surface area contributed by atoms with Gasteiger partial charge < -0.3 is 10.1 Å². The molecular formula is C22H27N3O3S2. The number of hydrogen-bond donors (Lipinski definition) is 1. The Hall–Kier alpha value is -1.93. The van der Waals surface area contributed by atoms with Gasteiger partial charge in [0.05, 0.1) is 17.9 Å². The van der Waals surface area contributed by atoms with Gasteiger partial charge in [0.15, 0.2) is 5.16 Å². The smallest absolute Gasteiger partial charge is 0.341 e. The number of esters is 1. The van der Waals surface area contributed by atoms with Crippen LogP contribution in [0.25, 0.3) is 0 Å². The number of ether oxygens (including phenoxy) is 1. The van der Waals surface area contributed by atoms with E-state index in [1.54, 1.807) is 6.92 Å². The second-order valence-corrected chi connectivity index (χ2v) is 9.74. The zero-order valence-electron chi connectivity index (χ0n) is 17.5. The summed E-state index contributed by atoms with van der Waals surface area (Å²) >= 11 is 2.86. The van der Waals surface area contributed by atoms with E-state index in [4.69, 9.17) is 4.74 Å². The van der Waals surface area contributed by atoms with Crippen molar-refractivity contribution in [2.45, 2.75) is 70.4 Å². The number of carbonyl (C=O) groups is 2. The first-order chi connectivity index (χ1) is 14.6. The average Bonchev–Trinajstić information content (AvgIpc) is 3.10. The number of rotatable bonds is 6. The van der Waals surface area contributed by atoms with Crippen molar-refractivity contribution in [1.29, 1.82) is 0 Å². The number of anilines is 1. The quantitative estimate of drug-likeness (QED) is 0.400. The monoisotopic (exact) mass is 445 g/mol. The van der Waals surface area contributed by atoms with Gasteiger partial charge in [-0.3, -0.25) is 4.79 Å². The Labute approximate surface area is 185 Å². The molecule has 0 radical (unpaired) electrons. The number of amides is 1. The largest absolute Gasteiger partial charge is 0.462 e. The highest BCUT2D eigenvalue weighted by atomic mass is 32.2. The van der Waals surface area contributed by atoms with E-state index in [0.717, 1.165) is 61.9 Å². The molecule has 6 nitrogen and oxygen atoms in total. The first-order valence-electron chi connectivity index (χ1n) is 10.7. The molecule has 0 aliphatic heterocycles. The summed E-state index contributed by atoms with van der Waals surface area (Å²) in [6, 6.07) is 0. The maximum Gasteiger partial charge on any atom is 0.341 e. The molecule has 30 heavy (non-hydrogen) atoms. The molecule has 0 spiro atoms. The molecule has 2 aliphatic carbocycles. The summed E-state index contributed by atoms with van der Waals surface area (Å²) in [4.78, 5) is 35.7. The number of nitrogens with one attached hydrogen (secondary N) is 1. The number of aromatic nitrogens is 2. The molecule has 2 heterocycles. The molecular weight excluding hydrogens is 418 g/mol. The van der Waals surface area contributed by atoms with Crippen LogP contribution >= 0.6 is 23.1 Å². The number of thioether (sulfide) groups is 1. The molecule has 1 amide bonds. The first kappa shape index (κ1) is 21.3. The van der Waals surface area contributed by atoms with Gasteiger partial charge in [0.25, 0.3) is 0 Å². The molecule has 0 saturated carbocycles. The Morgan fingerprint density at radius 1 is 1.07 bits per heavy atom. The third-order valence-corrected chi connectivity index (χ3v) is 7.66. The van der Waals surface area contributed by atoms with Gasteiger partial charge in [0.1, 0.15) is 5.00 Å².